The maximum Gasteiger partial charge on any atom is 0.100 e. The van der Waals surface area contributed by atoms with Crippen LogP contribution in [0, 0.1) is 14.9 Å². The second kappa shape index (κ2) is 4.21. The Balaban J connectivity index is 3.36. The quantitative estimate of drug-likeness (QED) is 0.800. The third-order valence-electron chi connectivity index (χ3n) is 1.51. The summed E-state index contributed by atoms with van der Waals surface area (Å²) in [5, 5.41) is 8.72. The van der Waals surface area contributed by atoms with Crippen LogP contribution in [0.3, 0.4) is 0 Å². The van der Waals surface area contributed by atoms with E-state index in [4.69, 9.17) is 11.0 Å². The highest BCUT2D eigenvalue weighted by Crippen LogP contribution is 2.24. The van der Waals surface area contributed by atoms with Crippen molar-refractivity contribution in [1.29, 1.82) is 5.26 Å². The lowest BCUT2D eigenvalue weighted by Crippen LogP contribution is -2.01. The van der Waals surface area contributed by atoms with E-state index in [2.05, 4.69) is 44.6 Å². The van der Waals surface area contributed by atoms with Gasteiger partial charge in [0.2, 0.25) is 0 Å². The van der Waals surface area contributed by atoms with E-state index in [0.717, 1.165) is 13.6 Å². The highest BCUT2D eigenvalue weighted by atomic mass is 127. The molecule has 0 aliphatic heterocycles. The van der Waals surface area contributed by atoms with E-state index in [1.165, 1.54) is 0 Å². The van der Waals surface area contributed by atoms with Crippen molar-refractivity contribution in [3.63, 3.8) is 0 Å². The van der Waals surface area contributed by atoms with Crippen molar-refractivity contribution >= 4 is 38.5 Å². The maximum atomic E-state index is 8.72. The Labute approximate surface area is 93.0 Å². The summed E-state index contributed by atoms with van der Waals surface area (Å²) in [7, 11) is 0. The van der Waals surface area contributed by atoms with E-state index in [-0.39, 0.29) is 0 Å². The fraction of sp³-hybridized carbons (Fsp3) is 0.125. The number of hydrogen-bond acceptors (Lipinski definition) is 2. The van der Waals surface area contributed by atoms with Crippen LogP contribution in [0.1, 0.15) is 11.1 Å². The Kier molecular flexibility index (Phi) is 3.50. The third-order valence-corrected chi connectivity index (χ3v) is 3.49. The number of nitriles is 1. The monoisotopic (exact) mass is 336 g/mol. The lowest BCUT2D eigenvalue weighted by molar-refractivity contribution is 1.05. The Hall–Kier alpha value is -0.120. The Morgan fingerprint density at radius 2 is 2.25 bits per heavy atom. The van der Waals surface area contributed by atoms with E-state index >= 15 is 0 Å². The molecule has 0 fully saturated rings. The summed E-state index contributed by atoms with van der Waals surface area (Å²) in [4.78, 5) is 0. The van der Waals surface area contributed by atoms with Crippen molar-refractivity contribution in [3.8, 4) is 6.07 Å². The summed E-state index contributed by atoms with van der Waals surface area (Å²) in [6.45, 7) is 0.453. The minimum absolute atomic E-state index is 0.453. The Morgan fingerprint density at radius 3 is 2.75 bits per heavy atom. The van der Waals surface area contributed by atoms with Gasteiger partial charge in [-0.1, -0.05) is 15.9 Å². The number of halogens is 2. The molecule has 12 heavy (non-hydrogen) atoms. The topological polar surface area (TPSA) is 49.8 Å². The molecule has 0 spiro atoms. The van der Waals surface area contributed by atoms with Gasteiger partial charge in [0.1, 0.15) is 6.07 Å². The molecule has 0 aliphatic carbocycles. The Morgan fingerprint density at radius 1 is 1.58 bits per heavy atom. The molecule has 0 bridgehead atoms. The molecule has 0 amide bonds. The predicted molar refractivity (Wildman–Crippen MR) is 59.5 cm³/mol. The molecule has 1 rings (SSSR count). The molecule has 0 radical (unpaired) electrons. The van der Waals surface area contributed by atoms with Gasteiger partial charge in [-0.3, -0.25) is 0 Å². The Bertz CT molecular complexity index is 344. The fourth-order valence-electron chi connectivity index (χ4n) is 0.871. The van der Waals surface area contributed by atoms with Crippen LogP contribution in [0.2, 0.25) is 0 Å². The SMILES string of the molecule is N#Cc1ccc(Br)c(CN)c1I. The van der Waals surface area contributed by atoms with E-state index in [1.54, 1.807) is 6.07 Å². The van der Waals surface area contributed by atoms with Gasteiger partial charge in [0, 0.05) is 14.6 Å². The molecule has 4 heteroatoms. The molecule has 0 saturated carbocycles. The van der Waals surface area contributed by atoms with Gasteiger partial charge in [0.05, 0.1) is 5.56 Å². The zero-order valence-electron chi connectivity index (χ0n) is 6.14. The van der Waals surface area contributed by atoms with Gasteiger partial charge in [-0.05, 0) is 40.3 Å². The van der Waals surface area contributed by atoms with Crippen molar-refractivity contribution < 1.29 is 0 Å². The number of benzene rings is 1. The molecular formula is C8H6BrIN2. The standard InChI is InChI=1S/C8H6BrIN2/c9-7-2-1-5(3-11)8(10)6(7)4-12/h1-2H,4,12H2. The first kappa shape index (κ1) is 9.96. The summed E-state index contributed by atoms with van der Waals surface area (Å²) in [6, 6.07) is 5.75. The molecule has 0 aliphatic rings. The van der Waals surface area contributed by atoms with E-state index in [9.17, 15) is 0 Å². The van der Waals surface area contributed by atoms with Crippen molar-refractivity contribution in [3.05, 3.63) is 31.3 Å². The zero-order chi connectivity index (χ0) is 9.14. The molecule has 2 nitrogen and oxygen atoms in total. The molecule has 0 heterocycles. The second-order valence-electron chi connectivity index (χ2n) is 2.20. The first-order valence-corrected chi connectivity index (χ1v) is 5.15. The molecule has 1 aromatic rings. The van der Waals surface area contributed by atoms with Gasteiger partial charge in [-0.2, -0.15) is 5.26 Å². The van der Waals surface area contributed by atoms with Crippen molar-refractivity contribution in [2.75, 3.05) is 0 Å². The van der Waals surface area contributed by atoms with Gasteiger partial charge in [-0.25, -0.2) is 0 Å². The molecule has 0 aromatic heterocycles. The van der Waals surface area contributed by atoms with Gasteiger partial charge >= 0.3 is 0 Å². The van der Waals surface area contributed by atoms with Crippen LogP contribution >= 0.6 is 38.5 Å². The van der Waals surface area contributed by atoms with Crippen LogP contribution in [0.4, 0.5) is 0 Å². The van der Waals surface area contributed by atoms with Crippen LogP contribution in [-0.4, -0.2) is 0 Å². The first-order valence-electron chi connectivity index (χ1n) is 3.27. The summed E-state index contributed by atoms with van der Waals surface area (Å²) in [5.41, 5.74) is 7.21. The highest BCUT2D eigenvalue weighted by Gasteiger charge is 2.07. The van der Waals surface area contributed by atoms with Crippen molar-refractivity contribution in [1.82, 2.24) is 0 Å². The number of nitrogens with two attached hydrogens (primary N) is 1. The fourth-order valence-corrected chi connectivity index (χ4v) is 2.55. The van der Waals surface area contributed by atoms with Gasteiger partial charge in [0.15, 0.2) is 0 Å². The van der Waals surface area contributed by atoms with E-state index in [1.807, 2.05) is 6.07 Å². The number of nitrogens with zero attached hydrogens (tertiary/aromatic N) is 1. The molecule has 0 saturated heterocycles. The largest absolute Gasteiger partial charge is 0.326 e. The van der Waals surface area contributed by atoms with Crippen LogP contribution in [-0.2, 0) is 6.54 Å². The summed E-state index contributed by atoms with van der Waals surface area (Å²) in [6.07, 6.45) is 0. The molecule has 0 atom stereocenters. The van der Waals surface area contributed by atoms with E-state index < -0.39 is 0 Å². The molecule has 62 valence electrons. The maximum absolute atomic E-state index is 8.72. The van der Waals surface area contributed by atoms with Gasteiger partial charge in [-0.15, -0.1) is 0 Å². The summed E-state index contributed by atoms with van der Waals surface area (Å²) < 4.78 is 1.90. The van der Waals surface area contributed by atoms with Crippen LogP contribution < -0.4 is 5.73 Å². The highest BCUT2D eigenvalue weighted by molar-refractivity contribution is 14.1. The predicted octanol–water partition coefficient (Wildman–Crippen LogP) is 2.38. The number of rotatable bonds is 1. The average molecular weight is 337 g/mol. The second-order valence-corrected chi connectivity index (χ2v) is 4.14. The van der Waals surface area contributed by atoms with Crippen LogP contribution in [0.25, 0.3) is 0 Å². The average Bonchev–Trinajstić information content (AvgIpc) is 2.06. The van der Waals surface area contributed by atoms with Crippen LogP contribution in [0.5, 0.6) is 0 Å². The van der Waals surface area contributed by atoms with Gasteiger partial charge in [0.25, 0.3) is 0 Å². The zero-order valence-corrected chi connectivity index (χ0v) is 9.89. The summed E-state index contributed by atoms with van der Waals surface area (Å²) in [5.74, 6) is 0. The van der Waals surface area contributed by atoms with E-state index in [0.29, 0.717) is 12.1 Å². The lowest BCUT2D eigenvalue weighted by Gasteiger charge is -2.04. The minimum Gasteiger partial charge on any atom is -0.326 e. The lowest BCUT2D eigenvalue weighted by atomic mass is 10.1. The third kappa shape index (κ3) is 1.79. The van der Waals surface area contributed by atoms with Gasteiger partial charge < -0.3 is 5.73 Å². The number of hydrogen-bond donors (Lipinski definition) is 1. The smallest absolute Gasteiger partial charge is 0.100 e. The normalized spacial score (nSPS) is 9.50. The molecule has 0 unspecified atom stereocenters. The molecular weight excluding hydrogens is 331 g/mol. The van der Waals surface area contributed by atoms with Crippen molar-refractivity contribution in [2.24, 2.45) is 5.73 Å². The molecule has 1 aromatic carbocycles. The van der Waals surface area contributed by atoms with Crippen molar-refractivity contribution in [2.45, 2.75) is 6.54 Å². The summed E-state index contributed by atoms with van der Waals surface area (Å²) >= 11 is 5.51. The first-order chi connectivity index (χ1) is 5.70. The molecule has 2 N–H and O–H groups in total. The minimum atomic E-state index is 0.453. The van der Waals surface area contributed by atoms with Crippen LogP contribution in [0.15, 0.2) is 16.6 Å².